The molecule has 0 aliphatic carbocycles. The normalized spacial score (nSPS) is 12.7. The Morgan fingerprint density at radius 2 is 2.15 bits per heavy atom. The van der Waals surface area contributed by atoms with Crippen molar-refractivity contribution in [3.63, 3.8) is 0 Å². The predicted octanol–water partition coefficient (Wildman–Crippen LogP) is 3.84. The minimum atomic E-state index is -0.597. The van der Waals surface area contributed by atoms with E-state index in [2.05, 4.69) is 30.8 Å². The third-order valence-electron chi connectivity index (χ3n) is 2.99. The van der Waals surface area contributed by atoms with Crippen LogP contribution in [0, 0.1) is 11.6 Å². The van der Waals surface area contributed by atoms with Crippen LogP contribution in [0.5, 0.6) is 0 Å². The number of hydrogen-bond donors (Lipinski definition) is 1. The average molecular weight is 362 g/mol. The van der Waals surface area contributed by atoms with E-state index in [-0.39, 0.29) is 10.0 Å². The second kappa shape index (κ2) is 6.69. The highest BCUT2D eigenvalue weighted by Crippen LogP contribution is 2.33. The molecule has 1 heterocycles. The van der Waals surface area contributed by atoms with Crippen LogP contribution in [-0.2, 0) is 6.42 Å². The molecule has 3 nitrogen and oxygen atoms in total. The zero-order chi connectivity index (χ0) is 14.7. The molecule has 0 saturated carbocycles. The van der Waals surface area contributed by atoms with Crippen molar-refractivity contribution in [1.29, 1.82) is 0 Å². The Kier molecular flexibility index (Phi) is 5.17. The monoisotopic (exact) mass is 361 g/mol. The molecule has 2 rings (SSSR count). The summed E-state index contributed by atoms with van der Waals surface area (Å²) in [5.74, 6) is -1.18. The van der Waals surface area contributed by atoms with Crippen molar-refractivity contribution < 1.29 is 8.78 Å². The van der Waals surface area contributed by atoms with E-state index in [1.165, 1.54) is 23.7 Å². The van der Waals surface area contributed by atoms with Crippen LogP contribution in [0.2, 0.25) is 0 Å². The second-order valence-electron chi connectivity index (χ2n) is 4.31. The number of halogens is 3. The lowest BCUT2D eigenvalue weighted by molar-refractivity contribution is 0.519. The van der Waals surface area contributed by atoms with Gasteiger partial charge in [0, 0.05) is 5.56 Å². The van der Waals surface area contributed by atoms with Crippen molar-refractivity contribution in [3.8, 4) is 0 Å². The van der Waals surface area contributed by atoms with E-state index in [0.717, 1.165) is 23.4 Å². The number of aryl methyl sites for hydroxylation is 1. The minimum Gasteiger partial charge on any atom is -0.308 e. The molecule has 1 N–H and O–H groups in total. The zero-order valence-corrected chi connectivity index (χ0v) is 13.5. The van der Waals surface area contributed by atoms with Crippen molar-refractivity contribution in [3.05, 3.63) is 44.4 Å². The first kappa shape index (κ1) is 15.5. The fourth-order valence-corrected chi connectivity index (χ4v) is 3.22. The maximum Gasteiger partial charge on any atom is 0.145 e. The molecular weight excluding hydrogens is 348 g/mol. The fourth-order valence-electron chi connectivity index (χ4n) is 2.06. The summed E-state index contributed by atoms with van der Waals surface area (Å²) in [6.07, 6.45) is 1.64. The number of nitrogens with zero attached hydrogens (tertiary/aromatic N) is 2. The summed E-state index contributed by atoms with van der Waals surface area (Å²) in [5.41, 5.74) is 0.779. The molecule has 1 aromatic heterocycles. The molecule has 0 fully saturated rings. The first-order valence-corrected chi connectivity index (χ1v) is 7.78. The Labute approximate surface area is 128 Å². The second-order valence-corrected chi connectivity index (χ2v) is 5.95. The van der Waals surface area contributed by atoms with Gasteiger partial charge in [0.1, 0.15) is 11.6 Å². The number of aromatic nitrogens is 2. The SMILES string of the molecule is CCCc1nnsc1C(NC)c1c(F)ccc(Br)c1F. The molecule has 0 bridgehead atoms. The van der Waals surface area contributed by atoms with Crippen LogP contribution in [0.3, 0.4) is 0 Å². The molecular formula is C13H14BrF2N3S. The van der Waals surface area contributed by atoms with E-state index in [1.807, 2.05) is 6.92 Å². The van der Waals surface area contributed by atoms with E-state index >= 15 is 0 Å². The lowest BCUT2D eigenvalue weighted by Gasteiger charge is -2.18. The van der Waals surface area contributed by atoms with E-state index in [1.54, 1.807) is 7.05 Å². The van der Waals surface area contributed by atoms with Crippen LogP contribution < -0.4 is 5.32 Å². The highest BCUT2D eigenvalue weighted by atomic mass is 79.9. The smallest absolute Gasteiger partial charge is 0.145 e. The maximum atomic E-state index is 14.2. The fraction of sp³-hybridized carbons (Fsp3) is 0.385. The summed E-state index contributed by atoms with van der Waals surface area (Å²) in [7, 11) is 1.67. The minimum absolute atomic E-state index is 0.00900. The summed E-state index contributed by atoms with van der Waals surface area (Å²) in [5, 5.41) is 7.01. The molecule has 108 valence electrons. The molecule has 1 atom stereocenters. The van der Waals surface area contributed by atoms with E-state index in [9.17, 15) is 8.78 Å². The van der Waals surface area contributed by atoms with E-state index in [4.69, 9.17) is 0 Å². The quantitative estimate of drug-likeness (QED) is 0.822. The summed E-state index contributed by atoms with van der Waals surface area (Å²) >= 11 is 4.26. The molecule has 0 amide bonds. The Morgan fingerprint density at radius 1 is 1.40 bits per heavy atom. The third-order valence-corrected chi connectivity index (χ3v) is 4.43. The molecule has 20 heavy (non-hydrogen) atoms. The van der Waals surface area contributed by atoms with Crippen LogP contribution in [0.25, 0.3) is 0 Å². The summed E-state index contributed by atoms with van der Waals surface area (Å²) < 4.78 is 32.4. The summed E-state index contributed by atoms with van der Waals surface area (Å²) in [4.78, 5) is 0.755. The molecule has 0 saturated heterocycles. The molecule has 0 aliphatic rings. The van der Waals surface area contributed by atoms with E-state index in [0.29, 0.717) is 0 Å². The van der Waals surface area contributed by atoms with Crippen molar-refractivity contribution in [2.24, 2.45) is 0 Å². The molecule has 0 spiro atoms. The van der Waals surface area contributed by atoms with Crippen LogP contribution in [0.4, 0.5) is 8.78 Å². The van der Waals surface area contributed by atoms with Crippen LogP contribution in [0.15, 0.2) is 16.6 Å². The number of hydrogen-bond acceptors (Lipinski definition) is 4. The lowest BCUT2D eigenvalue weighted by Crippen LogP contribution is -2.21. The van der Waals surface area contributed by atoms with Gasteiger partial charge >= 0.3 is 0 Å². The van der Waals surface area contributed by atoms with Crippen LogP contribution in [-0.4, -0.2) is 16.6 Å². The molecule has 1 unspecified atom stereocenters. The largest absolute Gasteiger partial charge is 0.308 e. The Balaban J connectivity index is 2.53. The Bertz CT molecular complexity index is 603. The molecule has 2 aromatic rings. The van der Waals surface area contributed by atoms with Crippen molar-refractivity contribution in [1.82, 2.24) is 14.9 Å². The zero-order valence-electron chi connectivity index (χ0n) is 11.1. The van der Waals surface area contributed by atoms with Gasteiger partial charge in [-0.15, -0.1) is 5.10 Å². The van der Waals surface area contributed by atoms with Gasteiger partial charge in [-0.3, -0.25) is 0 Å². The van der Waals surface area contributed by atoms with E-state index < -0.39 is 17.7 Å². The lowest BCUT2D eigenvalue weighted by atomic mass is 10.0. The van der Waals surface area contributed by atoms with Gasteiger partial charge in [-0.25, -0.2) is 8.78 Å². The van der Waals surface area contributed by atoms with Gasteiger partial charge in [0.05, 0.1) is 21.1 Å². The first-order chi connectivity index (χ1) is 9.60. The Hall–Kier alpha value is -0.920. The van der Waals surface area contributed by atoms with Gasteiger partial charge in [-0.2, -0.15) is 0 Å². The van der Waals surface area contributed by atoms with Gasteiger partial charge in [0.2, 0.25) is 0 Å². The van der Waals surface area contributed by atoms with Gasteiger partial charge < -0.3 is 5.32 Å². The molecule has 0 radical (unpaired) electrons. The molecule has 7 heteroatoms. The summed E-state index contributed by atoms with van der Waals surface area (Å²) in [6, 6.07) is 2.02. The highest BCUT2D eigenvalue weighted by molar-refractivity contribution is 9.10. The Morgan fingerprint density at radius 3 is 2.80 bits per heavy atom. The predicted molar refractivity (Wildman–Crippen MR) is 78.9 cm³/mol. The first-order valence-electron chi connectivity index (χ1n) is 6.21. The van der Waals surface area contributed by atoms with Crippen LogP contribution >= 0.6 is 27.5 Å². The highest BCUT2D eigenvalue weighted by Gasteiger charge is 2.26. The summed E-state index contributed by atoms with van der Waals surface area (Å²) in [6.45, 7) is 2.03. The van der Waals surface area contributed by atoms with Crippen molar-refractivity contribution in [2.45, 2.75) is 25.8 Å². The van der Waals surface area contributed by atoms with Crippen molar-refractivity contribution in [2.75, 3.05) is 7.05 Å². The van der Waals surface area contributed by atoms with Gasteiger partial charge in [0.15, 0.2) is 0 Å². The van der Waals surface area contributed by atoms with Crippen LogP contribution in [0.1, 0.15) is 35.5 Å². The third kappa shape index (κ3) is 2.89. The number of rotatable bonds is 5. The molecule has 1 aromatic carbocycles. The van der Waals surface area contributed by atoms with Crippen molar-refractivity contribution >= 4 is 27.5 Å². The van der Waals surface area contributed by atoms with Gasteiger partial charge in [-0.1, -0.05) is 17.8 Å². The molecule has 0 aliphatic heterocycles. The average Bonchev–Trinajstić information content (AvgIpc) is 2.88. The topological polar surface area (TPSA) is 37.8 Å². The maximum absolute atomic E-state index is 14.2. The van der Waals surface area contributed by atoms with Gasteiger partial charge in [-0.05, 0) is 53.1 Å². The number of benzene rings is 1. The standard InChI is InChI=1S/C13H14BrF2N3S/c1-3-4-9-13(20-19-18-9)12(17-2)10-8(15)6-5-7(14)11(10)16/h5-6,12,17H,3-4H2,1-2H3. The number of nitrogens with one attached hydrogen (secondary N) is 1. The van der Waals surface area contributed by atoms with Gasteiger partial charge in [0.25, 0.3) is 0 Å².